The molecular formula is C10H24BNOS. The van der Waals surface area contributed by atoms with Crippen molar-refractivity contribution in [2.75, 3.05) is 0 Å². The van der Waals surface area contributed by atoms with Crippen LogP contribution in [0.1, 0.15) is 52.9 Å². The molecule has 0 atom stereocenters. The molecule has 0 aromatic carbocycles. The van der Waals surface area contributed by atoms with E-state index in [2.05, 4.69) is 25.5 Å². The first-order valence-electron chi connectivity index (χ1n) is 5.68. The van der Waals surface area contributed by atoms with E-state index >= 15 is 0 Å². The van der Waals surface area contributed by atoms with Gasteiger partial charge in [-0.05, 0) is 12.8 Å². The predicted molar refractivity (Wildman–Crippen MR) is 67.8 cm³/mol. The van der Waals surface area contributed by atoms with Gasteiger partial charge in [-0.3, -0.25) is 8.93 Å². The molecule has 0 saturated heterocycles. The monoisotopic (exact) mass is 217 g/mol. The van der Waals surface area contributed by atoms with Gasteiger partial charge in [-0.1, -0.05) is 50.0 Å². The number of rotatable bonds is 2. The lowest BCUT2D eigenvalue weighted by Gasteiger charge is -2.38. The Morgan fingerprint density at radius 1 is 1.21 bits per heavy atom. The minimum atomic E-state index is -2.19. The van der Waals surface area contributed by atoms with Crippen LogP contribution >= 0.6 is 0 Å². The molecule has 0 aliphatic heterocycles. The van der Waals surface area contributed by atoms with Crippen molar-refractivity contribution in [2.45, 2.75) is 63.7 Å². The van der Waals surface area contributed by atoms with Crippen LogP contribution in [-0.4, -0.2) is 22.1 Å². The number of hydrogen-bond donors (Lipinski definition) is 2. The molecule has 2 nitrogen and oxygen atoms in total. The van der Waals surface area contributed by atoms with Crippen LogP contribution in [0.2, 0.25) is 0 Å². The van der Waals surface area contributed by atoms with Crippen molar-refractivity contribution in [2.24, 2.45) is 0 Å². The molecular weight excluding hydrogens is 193 g/mol. The SMILES string of the molecule is B[SH](=O)(NC1CCCCC1)C(C)(C)C. The summed E-state index contributed by atoms with van der Waals surface area (Å²) in [4.78, 5) is 0. The summed E-state index contributed by atoms with van der Waals surface area (Å²) in [5.74, 6) is 0. The largest absolute Gasteiger partial charge is 0.282 e. The third-order valence-electron chi connectivity index (χ3n) is 3.31. The van der Waals surface area contributed by atoms with E-state index in [4.69, 9.17) is 0 Å². The van der Waals surface area contributed by atoms with E-state index < -0.39 is 9.97 Å². The average Bonchev–Trinajstić information content (AvgIpc) is 2.03. The molecule has 1 fully saturated rings. The number of thiol groups is 1. The second-order valence-electron chi connectivity index (χ2n) is 5.56. The Balaban J connectivity index is 2.53. The molecule has 1 aliphatic carbocycles. The Bertz CT molecular complexity index is 231. The summed E-state index contributed by atoms with van der Waals surface area (Å²) < 4.78 is 15.7. The molecule has 0 amide bonds. The maximum Gasteiger partial charge on any atom is 0.205 e. The maximum atomic E-state index is 12.4. The fourth-order valence-electron chi connectivity index (χ4n) is 1.77. The Morgan fingerprint density at radius 3 is 2.14 bits per heavy atom. The van der Waals surface area contributed by atoms with E-state index in [-0.39, 0.29) is 4.75 Å². The molecule has 84 valence electrons. The molecule has 0 bridgehead atoms. The van der Waals surface area contributed by atoms with E-state index in [1.54, 1.807) is 0 Å². The summed E-state index contributed by atoms with van der Waals surface area (Å²) in [5, 5.41) is 0. The van der Waals surface area contributed by atoms with Gasteiger partial charge in [0.25, 0.3) is 0 Å². The molecule has 0 spiro atoms. The van der Waals surface area contributed by atoms with Crippen LogP contribution in [0.3, 0.4) is 0 Å². The van der Waals surface area contributed by atoms with E-state index in [9.17, 15) is 4.21 Å². The summed E-state index contributed by atoms with van der Waals surface area (Å²) in [6.07, 6.45) is 6.34. The van der Waals surface area contributed by atoms with Crippen molar-refractivity contribution in [3.63, 3.8) is 0 Å². The van der Waals surface area contributed by atoms with E-state index in [0.29, 0.717) is 6.04 Å². The molecule has 1 rings (SSSR count). The Kier molecular flexibility index (Phi) is 3.81. The fourth-order valence-corrected chi connectivity index (χ4v) is 3.12. The van der Waals surface area contributed by atoms with Gasteiger partial charge in [0.2, 0.25) is 7.12 Å². The minimum absolute atomic E-state index is 0.107. The molecule has 1 aliphatic rings. The molecule has 0 unspecified atom stereocenters. The van der Waals surface area contributed by atoms with Crippen LogP contribution in [-0.2, 0) is 9.97 Å². The molecule has 4 heteroatoms. The highest BCUT2D eigenvalue weighted by Gasteiger charge is 2.28. The van der Waals surface area contributed by atoms with Crippen molar-refractivity contribution in [1.82, 2.24) is 4.72 Å². The maximum absolute atomic E-state index is 12.4. The zero-order valence-corrected chi connectivity index (χ0v) is 10.9. The molecule has 0 heterocycles. The van der Waals surface area contributed by atoms with Gasteiger partial charge in [0, 0.05) is 10.8 Å². The van der Waals surface area contributed by atoms with Gasteiger partial charge in [0.05, 0.1) is 0 Å². The zero-order chi connectivity index (χ0) is 10.8. The Labute approximate surface area is 90.1 Å². The van der Waals surface area contributed by atoms with Crippen LogP contribution in [0.15, 0.2) is 0 Å². The first-order valence-corrected chi connectivity index (χ1v) is 7.84. The van der Waals surface area contributed by atoms with Crippen molar-refractivity contribution >= 4 is 17.1 Å². The lowest BCUT2D eigenvalue weighted by Crippen LogP contribution is -2.50. The smallest absolute Gasteiger partial charge is 0.205 e. The van der Waals surface area contributed by atoms with Gasteiger partial charge in [-0.15, -0.1) is 0 Å². The minimum Gasteiger partial charge on any atom is -0.282 e. The molecule has 14 heavy (non-hydrogen) atoms. The Hall–Kier alpha value is 0.175. The highest BCUT2D eigenvalue weighted by atomic mass is 32.2. The quantitative estimate of drug-likeness (QED) is 0.528. The first kappa shape index (κ1) is 12.2. The normalized spacial score (nSPS) is 22.2. The standard InChI is InChI=1S/C10H24BNOS/c1-10(2,3)14(11,13)12-9-7-5-4-6-8-9/h9,14H,4-8,11H2,1-3H3,(H,12,13). The van der Waals surface area contributed by atoms with Crippen molar-refractivity contribution in [1.29, 1.82) is 0 Å². The van der Waals surface area contributed by atoms with Crippen LogP contribution in [0.5, 0.6) is 0 Å². The van der Waals surface area contributed by atoms with Crippen LogP contribution in [0.25, 0.3) is 0 Å². The van der Waals surface area contributed by atoms with Crippen LogP contribution < -0.4 is 4.72 Å². The highest BCUT2D eigenvalue weighted by molar-refractivity contribution is 8.21. The second-order valence-corrected chi connectivity index (χ2v) is 9.01. The van der Waals surface area contributed by atoms with Gasteiger partial charge in [0.15, 0.2) is 0 Å². The highest BCUT2D eigenvalue weighted by Crippen LogP contribution is 2.23. The third-order valence-corrected chi connectivity index (χ3v) is 6.73. The summed E-state index contributed by atoms with van der Waals surface area (Å²) in [5.41, 5.74) is 0. The zero-order valence-electron chi connectivity index (χ0n) is 9.97. The van der Waals surface area contributed by atoms with E-state index in [0.717, 1.165) is 0 Å². The van der Waals surface area contributed by atoms with E-state index in [1.165, 1.54) is 32.1 Å². The Morgan fingerprint density at radius 2 is 1.71 bits per heavy atom. The molecule has 1 N–H and O–H groups in total. The fraction of sp³-hybridized carbons (Fsp3) is 1.00. The van der Waals surface area contributed by atoms with Gasteiger partial charge < -0.3 is 0 Å². The molecule has 0 aromatic heterocycles. The molecule has 0 radical (unpaired) electrons. The van der Waals surface area contributed by atoms with E-state index in [1.807, 2.05) is 7.12 Å². The van der Waals surface area contributed by atoms with Gasteiger partial charge in [-0.2, -0.15) is 0 Å². The lowest BCUT2D eigenvalue weighted by molar-refractivity contribution is 0.416. The second kappa shape index (κ2) is 4.36. The van der Waals surface area contributed by atoms with Gasteiger partial charge in [-0.25, -0.2) is 0 Å². The summed E-state index contributed by atoms with van der Waals surface area (Å²) in [6, 6.07) is 0.499. The third kappa shape index (κ3) is 3.09. The topological polar surface area (TPSA) is 29.1 Å². The van der Waals surface area contributed by atoms with Crippen LogP contribution in [0, 0.1) is 0 Å². The first-order chi connectivity index (χ1) is 6.33. The van der Waals surface area contributed by atoms with Crippen LogP contribution in [0.4, 0.5) is 0 Å². The summed E-state index contributed by atoms with van der Waals surface area (Å²) in [7, 11) is -0.304. The number of hydrogen-bond acceptors (Lipinski definition) is 1. The van der Waals surface area contributed by atoms with Crippen molar-refractivity contribution in [3.8, 4) is 0 Å². The lowest BCUT2D eigenvalue weighted by atomic mass is 9.96. The summed E-state index contributed by atoms with van der Waals surface area (Å²) >= 11 is 0. The summed E-state index contributed by atoms with van der Waals surface area (Å²) in [6.45, 7) is 6.18. The van der Waals surface area contributed by atoms with Gasteiger partial charge in [0.1, 0.15) is 0 Å². The molecule has 1 saturated carbocycles. The average molecular weight is 217 g/mol. The van der Waals surface area contributed by atoms with Crippen molar-refractivity contribution < 1.29 is 4.21 Å². The van der Waals surface area contributed by atoms with Crippen molar-refractivity contribution in [3.05, 3.63) is 0 Å². The number of nitrogens with one attached hydrogen (secondary N) is 1. The predicted octanol–water partition coefficient (Wildman–Crippen LogP) is 1.19. The van der Waals surface area contributed by atoms with Gasteiger partial charge >= 0.3 is 0 Å². The molecule has 0 aromatic rings.